The number of aromatic nitrogens is 1. The van der Waals surface area contributed by atoms with E-state index >= 15 is 0 Å². The number of anilines is 1. The first-order valence-corrected chi connectivity index (χ1v) is 8.36. The maximum absolute atomic E-state index is 11.8. The summed E-state index contributed by atoms with van der Waals surface area (Å²) < 4.78 is 0. The number of piperidine rings is 1. The predicted molar refractivity (Wildman–Crippen MR) is 98.1 cm³/mol. The van der Waals surface area contributed by atoms with E-state index in [9.17, 15) is 4.79 Å². The van der Waals surface area contributed by atoms with Gasteiger partial charge in [0, 0.05) is 35.9 Å². The van der Waals surface area contributed by atoms with Gasteiger partial charge in [-0.05, 0) is 51.3 Å². The Balaban J connectivity index is 2.04. The van der Waals surface area contributed by atoms with Crippen LogP contribution in [0.15, 0.2) is 12.1 Å². The zero-order valence-corrected chi connectivity index (χ0v) is 14.5. The van der Waals surface area contributed by atoms with Crippen LogP contribution in [0.2, 0.25) is 0 Å². The van der Waals surface area contributed by atoms with Crippen molar-refractivity contribution in [1.29, 1.82) is 0 Å². The summed E-state index contributed by atoms with van der Waals surface area (Å²) in [4.78, 5) is 17.5. The van der Waals surface area contributed by atoms with Gasteiger partial charge in [0.25, 0.3) is 5.91 Å². The largest absolute Gasteiger partial charge is 0.369 e. The lowest BCUT2D eigenvalue weighted by Gasteiger charge is -2.34. The van der Waals surface area contributed by atoms with E-state index in [0.717, 1.165) is 48.2 Å². The lowest BCUT2D eigenvalue weighted by Crippen LogP contribution is -2.44. The Hall–Kier alpha value is -2.61. The number of nitrogens with one attached hydrogen (secondary N) is 2. The summed E-state index contributed by atoms with van der Waals surface area (Å²) in [6, 6.07) is 7.19. The number of carbonyl (C=O) groups excluding carboxylic acids is 1. The SMILES string of the molecule is CC#CNC1CCCN(c2ccc(C(N)=O)c3[nH]c(C)c(C)c23)C1. The van der Waals surface area contributed by atoms with Crippen molar-refractivity contribution in [2.45, 2.75) is 39.7 Å². The van der Waals surface area contributed by atoms with Crippen LogP contribution in [-0.4, -0.2) is 30.0 Å². The monoisotopic (exact) mass is 324 g/mol. The molecule has 1 unspecified atom stereocenters. The third kappa shape index (κ3) is 2.80. The van der Waals surface area contributed by atoms with Gasteiger partial charge in [-0.25, -0.2) is 0 Å². The molecule has 1 fully saturated rings. The minimum atomic E-state index is -0.399. The molecule has 1 saturated heterocycles. The number of aryl methyl sites for hydroxylation is 2. The number of rotatable bonds is 3. The number of aromatic amines is 1. The normalized spacial score (nSPS) is 17.5. The maximum Gasteiger partial charge on any atom is 0.250 e. The van der Waals surface area contributed by atoms with Crippen molar-refractivity contribution in [2.24, 2.45) is 5.73 Å². The van der Waals surface area contributed by atoms with Crippen molar-refractivity contribution < 1.29 is 4.79 Å². The first-order chi connectivity index (χ1) is 11.5. The molecule has 1 aliphatic heterocycles. The van der Waals surface area contributed by atoms with Gasteiger partial charge in [-0.3, -0.25) is 4.79 Å². The Labute approximate surface area is 142 Å². The van der Waals surface area contributed by atoms with Gasteiger partial charge in [0.15, 0.2) is 0 Å². The summed E-state index contributed by atoms with van der Waals surface area (Å²) in [6.07, 6.45) is 2.24. The average Bonchev–Trinajstić information content (AvgIpc) is 2.87. The Morgan fingerprint density at radius 3 is 2.92 bits per heavy atom. The third-order valence-electron chi connectivity index (χ3n) is 4.86. The molecule has 0 aliphatic carbocycles. The predicted octanol–water partition coefficient (Wildman–Crippen LogP) is 2.42. The van der Waals surface area contributed by atoms with E-state index in [1.165, 1.54) is 5.56 Å². The molecule has 5 nitrogen and oxygen atoms in total. The topological polar surface area (TPSA) is 74.2 Å². The lowest BCUT2D eigenvalue weighted by atomic mass is 10.0. The smallest absolute Gasteiger partial charge is 0.250 e. The van der Waals surface area contributed by atoms with Gasteiger partial charge in [0.2, 0.25) is 0 Å². The number of nitrogens with two attached hydrogens (primary N) is 1. The molecular weight excluding hydrogens is 300 g/mol. The quantitative estimate of drug-likeness (QED) is 0.599. The summed E-state index contributed by atoms with van der Waals surface area (Å²) in [5.41, 5.74) is 10.3. The van der Waals surface area contributed by atoms with Crippen LogP contribution in [0.1, 0.15) is 41.4 Å². The second-order valence-electron chi connectivity index (χ2n) is 6.43. The van der Waals surface area contributed by atoms with Crippen molar-refractivity contribution in [3.63, 3.8) is 0 Å². The Morgan fingerprint density at radius 1 is 1.42 bits per heavy atom. The number of carbonyl (C=O) groups is 1. The first-order valence-electron chi connectivity index (χ1n) is 8.36. The minimum Gasteiger partial charge on any atom is -0.369 e. The molecule has 1 aliphatic rings. The van der Waals surface area contributed by atoms with Crippen LogP contribution in [0, 0.1) is 25.8 Å². The van der Waals surface area contributed by atoms with Crippen LogP contribution in [0.3, 0.4) is 0 Å². The first kappa shape index (κ1) is 16.3. The molecule has 126 valence electrons. The van der Waals surface area contributed by atoms with Gasteiger partial charge < -0.3 is 20.9 Å². The van der Waals surface area contributed by atoms with E-state index in [1.54, 1.807) is 0 Å². The summed E-state index contributed by atoms with van der Waals surface area (Å²) in [5.74, 6) is 2.50. The zero-order valence-electron chi connectivity index (χ0n) is 14.5. The third-order valence-corrected chi connectivity index (χ3v) is 4.86. The number of hydrogen-bond acceptors (Lipinski definition) is 3. The molecule has 2 aromatic rings. The zero-order chi connectivity index (χ0) is 17.3. The Morgan fingerprint density at radius 2 is 2.21 bits per heavy atom. The van der Waals surface area contributed by atoms with Crippen molar-refractivity contribution in [3.05, 3.63) is 29.0 Å². The highest BCUT2D eigenvalue weighted by atomic mass is 16.1. The highest BCUT2D eigenvalue weighted by molar-refractivity contribution is 6.10. The molecule has 0 saturated carbocycles. The Kier molecular flexibility index (Phi) is 4.39. The van der Waals surface area contributed by atoms with Gasteiger partial charge in [0.1, 0.15) is 0 Å². The average molecular weight is 324 g/mol. The lowest BCUT2D eigenvalue weighted by molar-refractivity contribution is 0.100. The second-order valence-corrected chi connectivity index (χ2v) is 6.43. The fourth-order valence-corrected chi connectivity index (χ4v) is 3.53. The van der Waals surface area contributed by atoms with Gasteiger partial charge in [0.05, 0.1) is 17.1 Å². The van der Waals surface area contributed by atoms with Crippen LogP contribution < -0.4 is 16.0 Å². The number of primary amides is 1. The van der Waals surface area contributed by atoms with Gasteiger partial charge in [-0.2, -0.15) is 0 Å². The van der Waals surface area contributed by atoms with Gasteiger partial charge in [-0.15, -0.1) is 0 Å². The fraction of sp³-hybridized carbons (Fsp3) is 0.421. The van der Waals surface area contributed by atoms with Crippen molar-refractivity contribution >= 4 is 22.5 Å². The minimum absolute atomic E-state index is 0.359. The van der Waals surface area contributed by atoms with Crippen LogP contribution in [-0.2, 0) is 0 Å². The number of amides is 1. The van der Waals surface area contributed by atoms with Crippen LogP contribution in [0.5, 0.6) is 0 Å². The van der Waals surface area contributed by atoms with Crippen molar-refractivity contribution in [2.75, 3.05) is 18.0 Å². The summed E-state index contributed by atoms with van der Waals surface area (Å²) in [5, 5.41) is 4.39. The van der Waals surface area contributed by atoms with E-state index in [-0.39, 0.29) is 0 Å². The molecule has 1 aromatic carbocycles. The molecule has 24 heavy (non-hydrogen) atoms. The summed E-state index contributed by atoms with van der Waals surface area (Å²) in [6.45, 7) is 7.87. The second kappa shape index (κ2) is 6.48. The molecule has 5 heteroatoms. The number of nitrogens with zero attached hydrogens (tertiary/aromatic N) is 1. The van der Waals surface area contributed by atoms with E-state index in [1.807, 2.05) is 26.0 Å². The van der Waals surface area contributed by atoms with Crippen LogP contribution >= 0.6 is 0 Å². The number of fused-ring (bicyclic) bond motifs is 1. The number of hydrogen-bond donors (Lipinski definition) is 3. The molecule has 1 aromatic heterocycles. The molecule has 0 bridgehead atoms. The molecule has 2 heterocycles. The maximum atomic E-state index is 11.8. The molecule has 1 amide bonds. The number of H-pyrrole nitrogens is 1. The van der Waals surface area contributed by atoms with Crippen LogP contribution in [0.4, 0.5) is 5.69 Å². The van der Waals surface area contributed by atoms with E-state index in [0.29, 0.717) is 11.6 Å². The van der Waals surface area contributed by atoms with E-state index in [2.05, 4.69) is 34.1 Å². The van der Waals surface area contributed by atoms with E-state index < -0.39 is 5.91 Å². The molecule has 4 N–H and O–H groups in total. The van der Waals surface area contributed by atoms with Crippen molar-refractivity contribution in [3.8, 4) is 12.0 Å². The van der Waals surface area contributed by atoms with E-state index in [4.69, 9.17) is 5.73 Å². The summed E-state index contributed by atoms with van der Waals surface area (Å²) in [7, 11) is 0. The highest BCUT2D eigenvalue weighted by Gasteiger charge is 2.23. The fourth-order valence-electron chi connectivity index (χ4n) is 3.53. The molecule has 3 rings (SSSR count). The standard InChI is InChI=1S/C19H24N4O/c1-4-9-21-14-6-5-10-23(11-14)16-8-7-15(19(20)24)18-17(16)12(2)13(3)22-18/h7-8,14,21-22H,5-6,10-11H2,1-3H3,(H2,20,24). The molecule has 1 atom stereocenters. The summed E-state index contributed by atoms with van der Waals surface area (Å²) >= 11 is 0. The van der Waals surface area contributed by atoms with Gasteiger partial charge in [-0.1, -0.05) is 5.92 Å². The highest BCUT2D eigenvalue weighted by Crippen LogP contribution is 2.34. The van der Waals surface area contributed by atoms with Crippen LogP contribution in [0.25, 0.3) is 10.9 Å². The molecule has 0 radical (unpaired) electrons. The molecule has 0 spiro atoms. The molecular formula is C19H24N4O. The van der Waals surface area contributed by atoms with Crippen molar-refractivity contribution in [1.82, 2.24) is 10.3 Å². The Bertz CT molecular complexity index is 840. The van der Waals surface area contributed by atoms with Gasteiger partial charge >= 0.3 is 0 Å². The number of benzene rings is 1.